The smallest absolute Gasteiger partial charge is 0.0949 e. The summed E-state index contributed by atoms with van der Waals surface area (Å²) in [4.78, 5) is 4.04. The van der Waals surface area contributed by atoms with Crippen LogP contribution in [-0.4, -0.2) is 9.55 Å². The van der Waals surface area contributed by atoms with Crippen molar-refractivity contribution in [2.45, 2.75) is 13.5 Å². The molecule has 0 atom stereocenters. The van der Waals surface area contributed by atoms with Crippen molar-refractivity contribution in [1.29, 1.82) is 0 Å². The first-order chi connectivity index (χ1) is 7.40. The summed E-state index contributed by atoms with van der Waals surface area (Å²) >= 11 is 0. The molecule has 0 saturated carbocycles. The fourth-order valence-electron chi connectivity index (χ4n) is 1.60. The Labute approximate surface area is 89.9 Å². The summed E-state index contributed by atoms with van der Waals surface area (Å²) in [5.41, 5.74) is 2.59. The molecule has 2 aromatic rings. The van der Waals surface area contributed by atoms with E-state index in [0.717, 1.165) is 6.54 Å². The number of imidazole rings is 1. The third-order valence-electron chi connectivity index (χ3n) is 2.31. The molecular weight excluding hydrogens is 184 g/mol. The maximum atomic E-state index is 4.04. The van der Waals surface area contributed by atoms with Gasteiger partial charge in [0.25, 0.3) is 0 Å². The Kier molecular flexibility index (Phi) is 2.98. The number of benzene rings is 1. The molecule has 0 aliphatic carbocycles. The lowest BCUT2D eigenvalue weighted by Gasteiger charge is -2.06. The first kappa shape index (κ1) is 9.71. The fourth-order valence-corrected chi connectivity index (χ4v) is 1.60. The molecule has 0 bridgehead atoms. The Bertz CT molecular complexity index is 441. The van der Waals surface area contributed by atoms with Gasteiger partial charge < -0.3 is 4.57 Å². The lowest BCUT2D eigenvalue weighted by Crippen LogP contribution is -1.98. The molecule has 0 fully saturated rings. The molecule has 0 radical (unpaired) electrons. The van der Waals surface area contributed by atoms with Crippen LogP contribution < -0.4 is 0 Å². The second kappa shape index (κ2) is 4.60. The van der Waals surface area contributed by atoms with Crippen molar-refractivity contribution >= 4 is 6.08 Å². The molecule has 2 heteroatoms. The van der Waals surface area contributed by atoms with E-state index in [-0.39, 0.29) is 0 Å². The minimum atomic E-state index is 0.876. The van der Waals surface area contributed by atoms with Crippen molar-refractivity contribution in [3.8, 4) is 0 Å². The zero-order chi connectivity index (χ0) is 10.5. The minimum Gasteiger partial charge on any atom is -0.333 e. The van der Waals surface area contributed by atoms with Crippen molar-refractivity contribution in [3.63, 3.8) is 0 Å². The SMILES string of the molecule is CC=Cc1ccccc1Cn1ccnc1. The summed E-state index contributed by atoms with van der Waals surface area (Å²) < 4.78 is 2.07. The van der Waals surface area contributed by atoms with E-state index in [1.165, 1.54) is 11.1 Å². The maximum Gasteiger partial charge on any atom is 0.0949 e. The van der Waals surface area contributed by atoms with Gasteiger partial charge in [0.2, 0.25) is 0 Å². The quantitative estimate of drug-likeness (QED) is 0.741. The van der Waals surface area contributed by atoms with Crippen LogP contribution in [0.2, 0.25) is 0 Å². The maximum absolute atomic E-state index is 4.04. The molecule has 0 amide bonds. The van der Waals surface area contributed by atoms with E-state index in [4.69, 9.17) is 0 Å². The summed E-state index contributed by atoms with van der Waals surface area (Å²) in [5.74, 6) is 0. The van der Waals surface area contributed by atoms with E-state index >= 15 is 0 Å². The molecule has 0 aliphatic heterocycles. The predicted octanol–water partition coefficient (Wildman–Crippen LogP) is 2.96. The molecule has 0 saturated heterocycles. The fraction of sp³-hybridized carbons (Fsp3) is 0.154. The zero-order valence-electron chi connectivity index (χ0n) is 8.80. The summed E-state index contributed by atoms with van der Waals surface area (Å²) in [6.45, 7) is 2.91. The minimum absolute atomic E-state index is 0.876. The molecule has 76 valence electrons. The van der Waals surface area contributed by atoms with Crippen molar-refractivity contribution in [3.05, 3.63) is 60.2 Å². The summed E-state index contributed by atoms with van der Waals surface area (Å²) in [5, 5.41) is 0. The van der Waals surface area contributed by atoms with Crippen LogP contribution in [0.3, 0.4) is 0 Å². The molecule has 0 N–H and O–H groups in total. The molecule has 1 aromatic carbocycles. The van der Waals surface area contributed by atoms with Crippen LogP contribution >= 0.6 is 0 Å². The largest absolute Gasteiger partial charge is 0.333 e. The number of hydrogen-bond donors (Lipinski definition) is 0. The lowest BCUT2D eigenvalue weighted by molar-refractivity contribution is 0.796. The summed E-state index contributed by atoms with van der Waals surface area (Å²) in [6.07, 6.45) is 9.82. The molecule has 15 heavy (non-hydrogen) atoms. The molecular formula is C13H14N2. The Morgan fingerprint density at radius 3 is 2.93 bits per heavy atom. The topological polar surface area (TPSA) is 17.8 Å². The first-order valence-electron chi connectivity index (χ1n) is 5.06. The Hall–Kier alpha value is -1.83. The molecule has 1 aromatic heterocycles. The predicted molar refractivity (Wildman–Crippen MR) is 62.5 cm³/mol. The van der Waals surface area contributed by atoms with Crippen LogP contribution in [0.25, 0.3) is 6.08 Å². The van der Waals surface area contributed by atoms with Gasteiger partial charge in [0.1, 0.15) is 0 Å². The summed E-state index contributed by atoms with van der Waals surface area (Å²) in [6, 6.07) is 8.41. The highest BCUT2D eigenvalue weighted by atomic mass is 15.0. The average molecular weight is 198 g/mol. The highest BCUT2D eigenvalue weighted by Crippen LogP contribution is 2.12. The number of allylic oxidation sites excluding steroid dienone is 1. The lowest BCUT2D eigenvalue weighted by atomic mass is 10.1. The number of nitrogens with zero attached hydrogens (tertiary/aromatic N) is 2. The zero-order valence-corrected chi connectivity index (χ0v) is 8.80. The Morgan fingerprint density at radius 2 is 2.20 bits per heavy atom. The van der Waals surface area contributed by atoms with E-state index in [1.54, 1.807) is 6.20 Å². The highest BCUT2D eigenvalue weighted by Gasteiger charge is 1.98. The third kappa shape index (κ3) is 2.34. The number of hydrogen-bond acceptors (Lipinski definition) is 1. The molecule has 2 rings (SSSR count). The highest BCUT2D eigenvalue weighted by molar-refractivity contribution is 5.53. The van der Waals surface area contributed by atoms with E-state index < -0.39 is 0 Å². The molecule has 1 heterocycles. The first-order valence-corrected chi connectivity index (χ1v) is 5.06. The van der Waals surface area contributed by atoms with Crippen LogP contribution in [-0.2, 0) is 6.54 Å². The summed E-state index contributed by atoms with van der Waals surface area (Å²) in [7, 11) is 0. The average Bonchev–Trinajstić information content (AvgIpc) is 2.74. The molecule has 0 spiro atoms. The standard InChI is InChI=1S/C13H14N2/c1-2-5-12-6-3-4-7-13(12)10-15-9-8-14-11-15/h2-9,11H,10H2,1H3. The Balaban J connectivity index is 2.27. The monoisotopic (exact) mass is 198 g/mol. The van der Waals surface area contributed by atoms with Gasteiger partial charge in [-0.2, -0.15) is 0 Å². The van der Waals surface area contributed by atoms with Crippen molar-refractivity contribution in [2.24, 2.45) is 0 Å². The van der Waals surface area contributed by atoms with Gasteiger partial charge in [-0.05, 0) is 18.1 Å². The van der Waals surface area contributed by atoms with Gasteiger partial charge in [-0.25, -0.2) is 4.98 Å². The molecule has 0 unspecified atom stereocenters. The van der Waals surface area contributed by atoms with Crippen LogP contribution in [0.1, 0.15) is 18.1 Å². The van der Waals surface area contributed by atoms with Gasteiger partial charge in [-0.1, -0.05) is 36.4 Å². The van der Waals surface area contributed by atoms with Gasteiger partial charge >= 0.3 is 0 Å². The van der Waals surface area contributed by atoms with E-state index in [2.05, 4.69) is 46.0 Å². The van der Waals surface area contributed by atoms with Crippen molar-refractivity contribution < 1.29 is 0 Å². The van der Waals surface area contributed by atoms with Crippen LogP contribution in [0, 0.1) is 0 Å². The van der Waals surface area contributed by atoms with Gasteiger partial charge in [0.15, 0.2) is 0 Å². The second-order valence-electron chi connectivity index (χ2n) is 3.43. The third-order valence-corrected chi connectivity index (χ3v) is 2.31. The van der Waals surface area contributed by atoms with Crippen LogP contribution in [0.15, 0.2) is 49.1 Å². The molecule has 2 nitrogen and oxygen atoms in total. The normalized spacial score (nSPS) is 11.0. The van der Waals surface area contributed by atoms with E-state index in [9.17, 15) is 0 Å². The van der Waals surface area contributed by atoms with E-state index in [0.29, 0.717) is 0 Å². The van der Waals surface area contributed by atoms with Gasteiger partial charge in [-0.15, -0.1) is 0 Å². The van der Waals surface area contributed by atoms with Crippen molar-refractivity contribution in [1.82, 2.24) is 9.55 Å². The van der Waals surface area contributed by atoms with Crippen LogP contribution in [0.4, 0.5) is 0 Å². The van der Waals surface area contributed by atoms with Gasteiger partial charge in [0, 0.05) is 18.9 Å². The second-order valence-corrected chi connectivity index (χ2v) is 3.43. The Morgan fingerprint density at radius 1 is 1.33 bits per heavy atom. The van der Waals surface area contributed by atoms with Gasteiger partial charge in [0.05, 0.1) is 6.33 Å². The number of aromatic nitrogens is 2. The van der Waals surface area contributed by atoms with Crippen LogP contribution in [0.5, 0.6) is 0 Å². The van der Waals surface area contributed by atoms with E-state index in [1.807, 2.05) is 19.4 Å². The number of rotatable bonds is 3. The van der Waals surface area contributed by atoms with Gasteiger partial charge in [-0.3, -0.25) is 0 Å². The van der Waals surface area contributed by atoms with Crippen molar-refractivity contribution in [2.75, 3.05) is 0 Å². The molecule has 0 aliphatic rings.